The van der Waals surface area contributed by atoms with Crippen LogP contribution in [0, 0.1) is 5.41 Å². The number of nitrogens with zero attached hydrogens (tertiary/aromatic N) is 5. The molecule has 2 unspecified atom stereocenters. The Kier molecular flexibility index (Phi) is 5.35. The lowest BCUT2D eigenvalue weighted by atomic mass is 9.91. The molecule has 2 atom stereocenters. The Morgan fingerprint density at radius 3 is 2.55 bits per heavy atom. The number of sulfone groups is 1. The number of hydrogen-bond acceptors (Lipinski definition) is 6. The van der Waals surface area contributed by atoms with E-state index < -0.39 is 21.7 Å². The highest BCUT2D eigenvalue weighted by Gasteiger charge is 2.53. The highest BCUT2D eigenvalue weighted by atomic mass is 32.2. The molecule has 180 valence electrons. The van der Waals surface area contributed by atoms with Gasteiger partial charge in [0.2, 0.25) is 0 Å². The van der Waals surface area contributed by atoms with Gasteiger partial charge in [-0.1, -0.05) is 0 Å². The molecule has 1 saturated carbocycles. The van der Waals surface area contributed by atoms with Crippen LogP contribution < -0.4 is 0 Å². The average Bonchev–Trinajstić information content (AvgIpc) is 3.44. The second kappa shape index (κ2) is 7.76. The summed E-state index contributed by atoms with van der Waals surface area (Å²) in [5.41, 5.74) is -0.514. The van der Waals surface area contributed by atoms with Crippen molar-refractivity contribution >= 4 is 9.84 Å². The predicted molar refractivity (Wildman–Crippen MR) is 116 cm³/mol. The second-order valence-corrected chi connectivity index (χ2v) is 12.2. The first-order chi connectivity index (χ1) is 15.4. The van der Waals surface area contributed by atoms with Crippen LogP contribution in [-0.4, -0.2) is 63.7 Å². The number of likely N-dealkylation sites (tertiary alicyclic amines) is 1. The molecule has 0 bridgehead atoms. The van der Waals surface area contributed by atoms with E-state index in [4.69, 9.17) is 4.98 Å². The van der Waals surface area contributed by atoms with Gasteiger partial charge >= 0.3 is 6.18 Å². The van der Waals surface area contributed by atoms with Gasteiger partial charge in [-0.15, -0.1) is 0 Å². The van der Waals surface area contributed by atoms with Crippen LogP contribution in [0.3, 0.4) is 0 Å². The second-order valence-electron chi connectivity index (χ2n) is 10.2. The Morgan fingerprint density at radius 2 is 1.94 bits per heavy atom. The van der Waals surface area contributed by atoms with Crippen molar-refractivity contribution in [1.82, 2.24) is 24.6 Å². The zero-order valence-corrected chi connectivity index (χ0v) is 19.5. The Balaban J connectivity index is 1.32. The summed E-state index contributed by atoms with van der Waals surface area (Å²) in [6.45, 7) is 5.82. The molecule has 4 heterocycles. The summed E-state index contributed by atoms with van der Waals surface area (Å²) in [6.07, 6.45) is 0.559. The smallest absolute Gasteiger partial charge is 0.300 e. The fourth-order valence-corrected chi connectivity index (χ4v) is 7.99. The Bertz CT molecular complexity index is 1130. The molecule has 0 N–H and O–H groups in total. The standard InChI is InChI=1S/C22H28F3N5O2S/c1-14(2)30-20(27-19(28-30)16-4-6-18(26-10-16)22(23,24)25)15-3-5-17(9-15)29-8-7-21(11-29)12-33(31,32)13-21/h4,6,10,14-15,17H,3,5,7-9,11-13H2,1-2H3. The van der Waals surface area contributed by atoms with Gasteiger partial charge in [0.15, 0.2) is 15.7 Å². The van der Waals surface area contributed by atoms with E-state index in [9.17, 15) is 21.6 Å². The minimum Gasteiger partial charge on any atom is -0.300 e. The maximum atomic E-state index is 12.8. The van der Waals surface area contributed by atoms with Gasteiger partial charge in [0.25, 0.3) is 0 Å². The molecule has 11 heteroatoms. The number of rotatable bonds is 4. The molecular formula is C22H28F3N5O2S. The first kappa shape index (κ1) is 22.8. The molecule has 0 radical (unpaired) electrons. The number of pyridine rings is 1. The van der Waals surface area contributed by atoms with E-state index >= 15 is 0 Å². The summed E-state index contributed by atoms with van der Waals surface area (Å²) in [7, 11) is -2.84. The summed E-state index contributed by atoms with van der Waals surface area (Å²) in [5, 5.41) is 4.60. The van der Waals surface area contributed by atoms with Gasteiger partial charge in [0, 0.05) is 41.7 Å². The lowest BCUT2D eigenvalue weighted by Crippen LogP contribution is -2.50. The molecule has 1 spiro atoms. The van der Waals surface area contributed by atoms with Crippen LogP contribution in [0.4, 0.5) is 13.2 Å². The molecular weight excluding hydrogens is 455 g/mol. The van der Waals surface area contributed by atoms with Gasteiger partial charge in [-0.05, 0) is 58.2 Å². The summed E-state index contributed by atoms with van der Waals surface area (Å²) in [5.74, 6) is 2.10. The van der Waals surface area contributed by atoms with E-state index in [0.29, 0.717) is 28.9 Å². The highest BCUT2D eigenvalue weighted by Crippen LogP contribution is 2.45. The molecule has 1 aliphatic carbocycles. The minimum atomic E-state index is -4.48. The molecule has 33 heavy (non-hydrogen) atoms. The molecule has 3 fully saturated rings. The van der Waals surface area contributed by atoms with Gasteiger partial charge < -0.3 is 0 Å². The van der Waals surface area contributed by atoms with Crippen LogP contribution in [-0.2, 0) is 16.0 Å². The van der Waals surface area contributed by atoms with E-state index in [0.717, 1.165) is 50.7 Å². The lowest BCUT2D eigenvalue weighted by molar-refractivity contribution is -0.141. The van der Waals surface area contributed by atoms with Gasteiger partial charge in [-0.25, -0.2) is 18.1 Å². The normalized spacial score (nSPS) is 26.8. The zero-order valence-electron chi connectivity index (χ0n) is 18.7. The molecule has 2 aromatic rings. The minimum absolute atomic E-state index is 0.0440. The monoisotopic (exact) mass is 483 g/mol. The number of aromatic nitrogens is 4. The molecule has 0 amide bonds. The van der Waals surface area contributed by atoms with Crippen molar-refractivity contribution in [2.45, 2.75) is 63.7 Å². The fraction of sp³-hybridized carbons (Fsp3) is 0.682. The molecule has 7 nitrogen and oxygen atoms in total. The maximum Gasteiger partial charge on any atom is 0.433 e. The van der Waals surface area contributed by atoms with Crippen LogP contribution in [0.1, 0.15) is 63.0 Å². The van der Waals surface area contributed by atoms with Crippen molar-refractivity contribution in [3.8, 4) is 11.4 Å². The first-order valence-electron chi connectivity index (χ1n) is 11.4. The van der Waals surface area contributed by atoms with Crippen molar-refractivity contribution in [3.05, 3.63) is 29.8 Å². The quantitative estimate of drug-likeness (QED) is 0.660. The SMILES string of the molecule is CC(C)n1nc(-c2ccc(C(F)(F)F)nc2)nc1C1CCC(N2CCC3(C2)CS(=O)(=O)C3)C1. The van der Waals surface area contributed by atoms with Crippen molar-refractivity contribution in [2.75, 3.05) is 24.6 Å². The van der Waals surface area contributed by atoms with Crippen LogP contribution in [0.15, 0.2) is 18.3 Å². The molecule has 5 rings (SSSR count). The first-order valence-corrected chi connectivity index (χ1v) is 13.2. The van der Waals surface area contributed by atoms with E-state index in [1.807, 2.05) is 18.5 Å². The van der Waals surface area contributed by atoms with E-state index in [1.54, 1.807) is 0 Å². The molecule has 3 aliphatic rings. The summed E-state index contributed by atoms with van der Waals surface area (Å²) >= 11 is 0. The van der Waals surface area contributed by atoms with Crippen molar-refractivity contribution in [1.29, 1.82) is 0 Å². The van der Waals surface area contributed by atoms with Gasteiger partial charge in [-0.3, -0.25) is 9.88 Å². The van der Waals surface area contributed by atoms with Crippen LogP contribution >= 0.6 is 0 Å². The number of halogens is 3. The highest BCUT2D eigenvalue weighted by molar-refractivity contribution is 7.92. The molecule has 2 aromatic heterocycles. The van der Waals surface area contributed by atoms with Crippen LogP contribution in [0.5, 0.6) is 0 Å². The third kappa shape index (κ3) is 4.29. The maximum absolute atomic E-state index is 12.8. The largest absolute Gasteiger partial charge is 0.433 e. The molecule has 2 aliphatic heterocycles. The summed E-state index contributed by atoms with van der Waals surface area (Å²) in [4.78, 5) is 10.7. The van der Waals surface area contributed by atoms with Crippen molar-refractivity contribution < 1.29 is 21.6 Å². The van der Waals surface area contributed by atoms with Crippen molar-refractivity contribution in [2.24, 2.45) is 5.41 Å². The van der Waals surface area contributed by atoms with Crippen LogP contribution in [0.25, 0.3) is 11.4 Å². The Labute approximate surface area is 191 Å². The summed E-state index contributed by atoms with van der Waals surface area (Å²) in [6, 6.07) is 2.79. The predicted octanol–water partition coefficient (Wildman–Crippen LogP) is 3.70. The topological polar surface area (TPSA) is 81.0 Å². The number of hydrogen-bond donors (Lipinski definition) is 0. The molecule has 0 aromatic carbocycles. The van der Waals surface area contributed by atoms with E-state index in [1.165, 1.54) is 12.3 Å². The summed E-state index contributed by atoms with van der Waals surface area (Å²) < 4.78 is 63.8. The Morgan fingerprint density at radius 1 is 1.18 bits per heavy atom. The van der Waals surface area contributed by atoms with Gasteiger partial charge in [0.05, 0.1) is 11.5 Å². The fourth-order valence-electron chi connectivity index (χ4n) is 5.74. The van der Waals surface area contributed by atoms with E-state index in [-0.39, 0.29) is 17.4 Å². The molecule has 2 saturated heterocycles. The lowest BCUT2D eigenvalue weighted by Gasteiger charge is -2.38. The van der Waals surface area contributed by atoms with Crippen molar-refractivity contribution in [3.63, 3.8) is 0 Å². The van der Waals surface area contributed by atoms with Crippen LogP contribution in [0.2, 0.25) is 0 Å². The zero-order chi connectivity index (χ0) is 23.6. The third-order valence-electron chi connectivity index (χ3n) is 7.27. The van der Waals surface area contributed by atoms with Gasteiger partial charge in [-0.2, -0.15) is 18.3 Å². The van der Waals surface area contributed by atoms with Gasteiger partial charge in [0.1, 0.15) is 11.5 Å². The number of alkyl halides is 3. The Hall–Kier alpha value is -2.01. The third-order valence-corrected chi connectivity index (χ3v) is 9.37. The average molecular weight is 484 g/mol. The van der Waals surface area contributed by atoms with E-state index in [2.05, 4.69) is 15.0 Å².